The molecule has 0 aliphatic carbocycles. The molecule has 0 radical (unpaired) electrons. The van der Waals surface area contributed by atoms with Gasteiger partial charge in [-0.25, -0.2) is 4.39 Å². The minimum atomic E-state index is -0.893. The SMILES string of the molecule is O=C(CN1C[C@H](C(=O)O)[C@@H](c2ccc(F)cc2)C1)NCc1cccs1. The van der Waals surface area contributed by atoms with Crippen molar-refractivity contribution in [3.05, 3.63) is 58.0 Å². The monoisotopic (exact) mass is 362 g/mol. The van der Waals surface area contributed by atoms with E-state index in [1.165, 1.54) is 12.1 Å². The number of benzene rings is 1. The van der Waals surface area contributed by atoms with E-state index in [4.69, 9.17) is 0 Å². The smallest absolute Gasteiger partial charge is 0.308 e. The van der Waals surface area contributed by atoms with Crippen LogP contribution in [0.5, 0.6) is 0 Å². The van der Waals surface area contributed by atoms with Crippen molar-refractivity contribution in [3.63, 3.8) is 0 Å². The number of likely N-dealkylation sites (tertiary alicyclic amines) is 1. The van der Waals surface area contributed by atoms with Gasteiger partial charge in [-0.3, -0.25) is 14.5 Å². The van der Waals surface area contributed by atoms with E-state index in [0.717, 1.165) is 10.4 Å². The Hall–Kier alpha value is -2.25. The highest BCUT2D eigenvalue weighted by Gasteiger charge is 2.38. The largest absolute Gasteiger partial charge is 0.481 e. The molecule has 5 nitrogen and oxygen atoms in total. The van der Waals surface area contributed by atoms with Crippen molar-refractivity contribution in [1.29, 1.82) is 0 Å². The maximum absolute atomic E-state index is 13.1. The van der Waals surface area contributed by atoms with E-state index < -0.39 is 11.9 Å². The summed E-state index contributed by atoms with van der Waals surface area (Å²) in [5.74, 6) is -2.22. The zero-order valence-electron chi connectivity index (χ0n) is 13.5. The second-order valence-corrected chi connectivity index (χ2v) is 7.19. The summed E-state index contributed by atoms with van der Waals surface area (Å²) in [6.45, 7) is 1.42. The molecular formula is C18H19FN2O3S. The van der Waals surface area contributed by atoms with Gasteiger partial charge < -0.3 is 10.4 Å². The Bertz CT molecular complexity index is 733. The number of carboxylic acids is 1. The number of nitrogens with one attached hydrogen (secondary N) is 1. The maximum Gasteiger partial charge on any atom is 0.308 e. The lowest BCUT2D eigenvalue weighted by atomic mass is 9.89. The van der Waals surface area contributed by atoms with Crippen molar-refractivity contribution >= 4 is 23.2 Å². The van der Waals surface area contributed by atoms with Gasteiger partial charge in [-0.15, -0.1) is 11.3 Å². The molecule has 1 aliphatic heterocycles. The maximum atomic E-state index is 13.1. The van der Waals surface area contributed by atoms with E-state index in [0.29, 0.717) is 19.6 Å². The molecule has 2 N–H and O–H groups in total. The van der Waals surface area contributed by atoms with E-state index in [1.54, 1.807) is 23.5 Å². The van der Waals surface area contributed by atoms with Gasteiger partial charge in [-0.2, -0.15) is 0 Å². The average molecular weight is 362 g/mol. The molecular weight excluding hydrogens is 343 g/mol. The fraction of sp³-hybridized carbons (Fsp3) is 0.333. The molecule has 1 saturated heterocycles. The number of carbonyl (C=O) groups is 2. The van der Waals surface area contributed by atoms with Crippen molar-refractivity contribution in [2.24, 2.45) is 5.92 Å². The predicted molar refractivity (Wildman–Crippen MR) is 92.9 cm³/mol. The molecule has 0 saturated carbocycles. The summed E-state index contributed by atoms with van der Waals surface area (Å²) in [7, 11) is 0. The standard InChI is InChI=1S/C18H19FN2O3S/c19-13-5-3-12(4-6-13)15-9-21(10-16(15)18(23)24)11-17(22)20-8-14-2-1-7-25-14/h1-7,15-16H,8-11H2,(H,20,22)(H,23,24)/t15-,16+/m1/s1. The summed E-state index contributed by atoms with van der Waals surface area (Å²) < 4.78 is 13.1. The van der Waals surface area contributed by atoms with Gasteiger partial charge in [0.05, 0.1) is 19.0 Å². The summed E-state index contributed by atoms with van der Waals surface area (Å²) in [4.78, 5) is 26.6. The molecule has 7 heteroatoms. The van der Waals surface area contributed by atoms with E-state index in [2.05, 4.69) is 5.32 Å². The number of rotatable bonds is 6. The average Bonchev–Trinajstić information content (AvgIpc) is 3.23. The molecule has 0 unspecified atom stereocenters. The van der Waals surface area contributed by atoms with Gasteiger partial charge in [0.1, 0.15) is 5.82 Å². The highest BCUT2D eigenvalue weighted by Crippen LogP contribution is 2.32. The summed E-state index contributed by atoms with van der Waals surface area (Å²) >= 11 is 1.57. The Morgan fingerprint density at radius 3 is 2.64 bits per heavy atom. The molecule has 1 aromatic heterocycles. The Labute approximate surface area is 149 Å². The van der Waals surface area contributed by atoms with Crippen LogP contribution in [0.2, 0.25) is 0 Å². The van der Waals surface area contributed by atoms with Crippen LogP contribution < -0.4 is 5.32 Å². The highest BCUT2D eigenvalue weighted by atomic mass is 32.1. The third-order valence-corrected chi connectivity index (χ3v) is 5.29. The van der Waals surface area contributed by atoms with Gasteiger partial charge >= 0.3 is 5.97 Å². The summed E-state index contributed by atoms with van der Waals surface area (Å²) in [6.07, 6.45) is 0. The van der Waals surface area contributed by atoms with Gasteiger partial charge in [-0.05, 0) is 29.1 Å². The van der Waals surface area contributed by atoms with Crippen LogP contribution in [0.15, 0.2) is 41.8 Å². The number of carboxylic acid groups (broad SMARTS) is 1. The van der Waals surface area contributed by atoms with Crippen LogP contribution in [0.1, 0.15) is 16.4 Å². The number of amides is 1. The third-order valence-electron chi connectivity index (χ3n) is 4.42. The molecule has 132 valence electrons. The lowest BCUT2D eigenvalue weighted by Gasteiger charge is -2.16. The Morgan fingerprint density at radius 2 is 2.00 bits per heavy atom. The molecule has 0 bridgehead atoms. The lowest BCUT2D eigenvalue weighted by molar-refractivity contribution is -0.141. The van der Waals surface area contributed by atoms with Gasteiger partial charge in [0.2, 0.25) is 5.91 Å². The molecule has 3 rings (SSSR count). The Balaban J connectivity index is 1.60. The van der Waals surface area contributed by atoms with E-state index in [9.17, 15) is 19.1 Å². The van der Waals surface area contributed by atoms with Crippen LogP contribution in [0.4, 0.5) is 4.39 Å². The lowest BCUT2D eigenvalue weighted by Crippen LogP contribution is -2.36. The van der Waals surface area contributed by atoms with Crippen LogP contribution in [0.3, 0.4) is 0 Å². The molecule has 0 spiro atoms. The van der Waals surface area contributed by atoms with Crippen molar-refractivity contribution < 1.29 is 19.1 Å². The van der Waals surface area contributed by atoms with Crippen LogP contribution in [-0.4, -0.2) is 41.5 Å². The zero-order chi connectivity index (χ0) is 17.8. The van der Waals surface area contributed by atoms with Crippen LogP contribution in [-0.2, 0) is 16.1 Å². The minimum absolute atomic E-state index is 0.128. The molecule has 1 aromatic carbocycles. The van der Waals surface area contributed by atoms with E-state index >= 15 is 0 Å². The fourth-order valence-corrected chi connectivity index (χ4v) is 3.81. The first-order valence-electron chi connectivity index (χ1n) is 8.02. The number of hydrogen-bond acceptors (Lipinski definition) is 4. The first kappa shape index (κ1) is 17.6. The van der Waals surface area contributed by atoms with E-state index in [-0.39, 0.29) is 24.2 Å². The molecule has 2 heterocycles. The molecule has 1 aliphatic rings. The molecule has 25 heavy (non-hydrogen) atoms. The van der Waals surface area contributed by atoms with E-state index in [1.807, 2.05) is 22.4 Å². The van der Waals surface area contributed by atoms with Crippen LogP contribution in [0.25, 0.3) is 0 Å². The number of halogens is 1. The third kappa shape index (κ3) is 4.43. The number of carbonyl (C=O) groups excluding carboxylic acids is 1. The quantitative estimate of drug-likeness (QED) is 0.827. The molecule has 2 atom stereocenters. The van der Waals surface area contributed by atoms with Crippen LogP contribution >= 0.6 is 11.3 Å². The second kappa shape index (κ2) is 7.76. The predicted octanol–water partition coefficient (Wildman–Crippen LogP) is 2.30. The minimum Gasteiger partial charge on any atom is -0.481 e. The topological polar surface area (TPSA) is 69.6 Å². The highest BCUT2D eigenvalue weighted by molar-refractivity contribution is 7.09. The van der Waals surface area contributed by atoms with Gasteiger partial charge in [0.15, 0.2) is 0 Å². The van der Waals surface area contributed by atoms with Crippen molar-refractivity contribution in [2.45, 2.75) is 12.5 Å². The summed E-state index contributed by atoms with van der Waals surface area (Å²) in [6, 6.07) is 9.80. The first-order chi connectivity index (χ1) is 12.0. The Kier molecular flexibility index (Phi) is 5.45. The van der Waals surface area contributed by atoms with Gasteiger partial charge in [0.25, 0.3) is 0 Å². The normalized spacial score (nSPS) is 20.5. The summed E-state index contributed by atoms with van der Waals surface area (Å²) in [5, 5.41) is 14.3. The number of nitrogens with zero attached hydrogens (tertiary/aromatic N) is 1. The number of hydrogen-bond donors (Lipinski definition) is 2. The molecule has 1 fully saturated rings. The van der Waals surface area contributed by atoms with Gasteiger partial charge in [-0.1, -0.05) is 18.2 Å². The van der Waals surface area contributed by atoms with Crippen molar-refractivity contribution in [3.8, 4) is 0 Å². The number of aliphatic carboxylic acids is 1. The van der Waals surface area contributed by atoms with Crippen LogP contribution in [0, 0.1) is 11.7 Å². The molecule has 1 amide bonds. The second-order valence-electron chi connectivity index (χ2n) is 6.15. The molecule has 2 aromatic rings. The first-order valence-corrected chi connectivity index (χ1v) is 8.90. The Morgan fingerprint density at radius 1 is 1.24 bits per heavy atom. The van der Waals surface area contributed by atoms with Crippen molar-refractivity contribution in [2.75, 3.05) is 19.6 Å². The van der Waals surface area contributed by atoms with Crippen molar-refractivity contribution in [1.82, 2.24) is 10.2 Å². The fourth-order valence-electron chi connectivity index (χ4n) is 3.17. The zero-order valence-corrected chi connectivity index (χ0v) is 14.3. The summed E-state index contributed by atoms with van der Waals surface area (Å²) in [5.41, 5.74) is 0.787. The number of thiophene rings is 1. The van der Waals surface area contributed by atoms with Gasteiger partial charge in [0, 0.05) is 23.9 Å².